The highest BCUT2D eigenvalue weighted by molar-refractivity contribution is 7.09. The van der Waals surface area contributed by atoms with Crippen molar-refractivity contribution in [1.82, 2.24) is 29.4 Å². The van der Waals surface area contributed by atoms with Gasteiger partial charge in [0.1, 0.15) is 5.82 Å². The van der Waals surface area contributed by atoms with Gasteiger partial charge in [0.05, 0.1) is 5.69 Å². The minimum absolute atomic E-state index is 0.463. The molecule has 1 atom stereocenters. The van der Waals surface area contributed by atoms with Gasteiger partial charge in [-0.05, 0) is 25.8 Å². The topological polar surface area (TPSA) is 74.5 Å². The molecule has 1 unspecified atom stereocenters. The molecule has 2 aromatic rings. The normalized spacial score (nSPS) is 16.5. The molecule has 3 rings (SSSR count). The maximum atomic E-state index is 4.61. The van der Waals surface area contributed by atoms with Gasteiger partial charge in [0.2, 0.25) is 5.13 Å². The molecule has 1 aliphatic rings. The molecule has 0 aromatic carbocycles. The fraction of sp³-hybridized carbons (Fsp3) is 0.684. The predicted molar refractivity (Wildman–Crippen MR) is 115 cm³/mol. The van der Waals surface area contributed by atoms with Crippen molar-refractivity contribution in [2.45, 2.75) is 40.7 Å². The summed E-state index contributed by atoms with van der Waals surface area (Å²) in [4.78, 5) is 13.8. The molecule has 1 saturated heterocycles. The molecule has 1 N–H and O–H groups in total. The number of anilines is 1. The number of rotatable bonds is 6. The van der Waals surface area contributed by atoms with Crippen molar-refractivity contribution in [2.24, 2.45) is 10.9 Å². The van der Waals surface area contributed by atoms with Crippen LogP contribution in [0.2, 0.25) is 0 Å². The molecule has 2 aromatic heterocycles. The van der Waals surface area contributed by atoms with Crippen LogP contribution in [0.4, 0.5) is 5.13 Å². The number of aromatic nitrogens is 4. The van der Waals surface area contributed by atoms with E-state index in [0.29, 0.717) is 5.92 Å². The number of aryl methyl sites for hydroxylation is 3. The van der Waals surface area contributed by atoms with Crippen LogP contribution in [-0.4, -0.2) is 69.8 Å². The Kier molecular flexibility index (Phi) is 6.88. The third kappa shape index (κ3) is 5.01. The molecule has 154 valence electrons. The van der Waals surface area contributed by atoms with Crippen molar-refractivity contribution in [3.05, 3.63) is 23.3 Å². The van der Waals surface area contributed by atoms with Crippen LogP contribution in [0.1, 0.15) is 31.1 Å². The van der Waals surface area contributed by atoms with Crippen molar-refractivity contribution in [1.29, 1.82) is 0 Å². The van der Waals surface area contributed by atoms with E-state index < -0.39 is 0 Å². The first-order chi connectivity index (χ1) is 13.5. The summed E-state index contributed by atoms with van der Waals surface area (Å²) in [5, 5.41) is 9.15. The lowest BCUT2D eigenvalue weighted by Crippen LogP contribution is -2.53. The van der Waals surface area contributed by atoms with E-state index in [4.69, 9.17) is 0 Å². The van der Waals surface area contributed by atoms with E-state index in [1.54, 1.807) is 0 Å². The summed E-state index contributed by atoms with van der Waals surface area (Å²) in [5.74, 6) is 2.38. The van der Waals surface area contributed by atoms with Gasteiger partial charge >= 0.3 is 0 Å². The van der Waals surface area contributed by atoms with Crippen LogP contribution in [0.15, 0.2) is 11.1 Å². The lowest BCUT2D eigenvalue weighted by atomic mass is 10.2. The van der Waals surface area contributed by atoms with Gasteiger partial charge < -0.3 is 15.1 Å². The highest BCUT2D eigenvalue weighted by Gasteiger charge is 2.22. The van der Waals surface area contributed by atoms with E-state index in [1.807, 2.05) is 14.0 Å². The lowest BCUT2D eigenvalue weighted by Gasteiger charge is -2.36. The molecule has 28 heavy (non-hydrogen) atoms. The average molecular weight is 405 g/mol. The first-order valence-electron chi connectivity index (χ1n) is 10.0. The Morgan fingerprint density at radius 2 is 2.04 bits per heavy atom. The van der Waals surface area contributed by atoms with Crippen LogP contribution in [0, 0.1) is 19.8 Å². The molecule has 3 heterocycles. The number of nitrogens with zero attached hydrogens (tertiary/aromatic N) is 7. The minimum atomic E-state index is 0.463. The van der Waals surface area contributed by atoms with Gasteiger partial charge in [-0.1, -0.05) is 13.8 Å². The second-order valence-corrected chi connectivity index (χ2v) is 8.19. The summed E-state index contributed by atoms with van der Waals surface area (Å²) in [6.45, 7) is 14.0. The average Bonchev–Trinajstić information content (AvgIpc) is 3.29. The molecule has 1 fully saturated rings. The van der Waals surface area contributed by atoms with Crippen molar-refractivity contribution in [3.63, 3.8) is 0 Å². The Labute approximate surface area is 171 Å². The fourth-order valence-electron chi connectivity index (χ4n) is 3.44. The quantitative estimate of drug-likeness (QED) is 0.586. The Balaban J connectivity index is 1.47. The summed E-state index contributed by atoms with van der Waals surface area (Å²) in [6.07, 6.45) is 0.892. The zero-order valence-electron chi connectivity index (χ0n) is 17.6. The summed E-state index contributed by atoms with van der Waals surface area (Å²) in [5.41, 5.74) is 2.29. The van der Waals surface area contributed by atoms with Crippen LogP contribution >= 0.6 is 11.5 Å². The first-order valence-corrected chi connectivity index (χ1v) is 10.8. The zero-order valence-corrected chi connectivity index (χ0v) is 18.5. The van der Waals surface area contributed by atoms with Crippen molar-refractivity contribution < 1.29 is 0 Å². The van der Waals surface area contributed by atoms with Crippen molar-refractivity contribution >= 4 is 22.6 Å². The molecule has 0 amide bonds. The fourth-order valence-corrected chi connectivity index (χ4v) is 4.24. The van der Waals surface area contributed by atoms with E-state index >= 15 is 0 Å². The largest absolute Gasteiger partial charge is 0.356 e. The van der Waals surface area contributed by atoms with Crippen molar-refractivity contribution in [2.75, 3.05) is 44.7 Å². The third-order valence-corrected chi connectivity index (χ3v) is 5.85. The number of piperazine rings is 1. The number of hydrogen-bond donors (Lipinski definition) is 1. The van der Waals surface area contributed by atoms with Gasteiger partial charge in [-0.3, -0.25) is 9.67 Å². The van der Waals surface area contributed by atoms with Crippen LogP contribution in [-0.2, 0) is 13.0 Å². The Bertz CT molecular complexity index is 788. The molecule has 9 heteroatoms. The van der Waals surface area contributed by atoms with E-state index in [-0.39, 0.29) is 0 Å². The molecule has 0 bridgehead atoms. The second-order valence-electron chi connectivity index (χ2n) is 7.46. The molecule has 0 radical (unpaired) electrons. The highest BCUT2D eigenvalue weighted by atomic mass is 32.1. The van der Waals surface area contributed by atoms with Crippen LogP contribution < -0.4 is 10.2 Å². The number of aliphatic imine (C=N–C) groups is 1. The molecule has 1 aliphatic heterocycles. The highest BCUT2D eigenvalue weighted by Crippen LogP contribution is 2.19. The third-order valence-electron chi connectivity index (χ3n) is 5.03. The second kappa shape index (κ2) is 9.36. The van der Waals surface area contributed by atoms with Crippen LogP contribution in [0.25, 0.3) is 0 Å². The molecule has 0 spiro atoms. The van der Waals surface area contributed by atoms with Gasteiger partial charge in [0, 0.05) is 70.0 Å². The number of hydrogen-bond acceptors (Lipinski definition) is 6. The van der Waals surface area contributed by atoms with Crippen molar-refractivity contribution in [3.8, 4) is 0 Å². The van der Waals surface area contributed by atoms with Gasteiger partial charge in [-0.25, -0.2) is 4.98 Å². The molecule has 0 saturated carbocycles. The maximum absolute atomic E-state index is 4.61. The minimum Gasteiger partial charge on any atom is -0.356 e. The SMILES string of the molecule is CCc1nsc(N2CCN(C(=NC)NCC(C)Cn3nc(C)cc3C)CC2)n1. The Morgan fingerprint density at radius 3 is 2.61 bits per heavy atom. The van der Waals surface area contributed by atoms with Gasteiger partial charge in [0.15, 0.2) is 5.96 Å². The number of nitrogens with one attached hydrogen (secondary N) is 1. The smallest absolute Gasteiger partial charge is 0.205 e. The van der Waals surface area contributed by atoms with E-state index in [0.717, 1.165) is 68.3 Å². The Hall–Kier alpha value is -2.16. The monoisotopic (exact) mass is 404 g/mol. The number of guanidine groups is 1. The predicted octanol–water partition coefficient (Wildman–Crippen LogP) is 1.95. The maximum Gasteiger partial charge on any atom is 0.205 e. The summed E-state index contributed by atoms with van der Waals surface area (Å²) in [6, 6.07) is 2.12. The van der Waals surface area contributed by atoms with E-state index in [2.05, 4.69) is 66.1 Å². The van der Waals surface area contributed by atoms with Crippen LogP contribution in [0.3, 0.4) is 0 Å². The summed E-state index contributed by atoms with van der Waals surface area (Å²) >= 11 is 1.51. The summed E-state index contributed by atoms with van der Waals surface area (Å²) < 4.78 is 6.50. The molecular formula is C19H32N8S. The van der Waals surface area contributed by atoms with Crippen LogP contribution in [0.5, 0.6) is 0 Å². The van der Waals surface area contributed by atoms with E-state index in [1.165, 1.54) is 17.2 Å². The summed E-state index contributed by atoms with van der Waals surface area (Å²) in [7, 11) is 1.86. The first kappa shape index (κ1) is 20.6. The molecule has 8 nitrogen and oxygen atoms in total. The molecular weight excluding hydrogens is 372 g/mol. The molecule has 0 aliphatic carbocycles. The van der Waals surface area contributed by atoms with Gasteiger partial charge in [0.25, 0.3) is 0 Å². The lowest BCUT2D eigenvalue weighted by molar-refractivity contribution is 0.363. The standard InChI is InChI=1S/C19H32N8S/c1-6-17-22-19(28-24-17)26-9-7-25(8-10-26)18(20-5)21-12-14(2)13-27-16(4)11-15(3)23-27/h11,14H,6-10,12-13H2,1-5H3,(H,20,21). The Morgan fingerprint density at radius 1 is 1.29 bits per heavy atom. The van der Waals surface area contributed by atoms with Gasteiger partial charge in [-0.2, -0.15) is 9.47 Å². The zero-order chi connectivity index (χ0) is 20.1. The van der Waals surface area contributed by atoms with E-state index in [9.17, 15) is 0 Å². The van der Waals surface area contributed by atoms with Gasteiger partial charge in [-0.15, -0.1) is 0 Å².